The maximum Gasteiger partial charge on any atom is 0.137 e. The summed E-state index contributed by atoms with van der Waals surface area (Å²) in [5.41, 5.74) is 7.09. The molecule has 112 valence electrons. The Morgan fingerprint density at radius 3 is 2.95 bits per heavy atom. The zero-order valence-electron chi connectivity index (χ0n) is 12.0. The van der Waals surface area contributed by atoms with E-state index in [0.29, 0.717) is 12.4 Å². The Bertz CT molecular complexity index is 580. The van der Waals surface area contributed by atoms with E-state index in [-0.39, 0.29) is 11.9 Å². The molecule has 3 nitrogen and oxygen atoms in total. The third-order valence-corrected chi connectivity index (χ3v) is 3.97. The molecule has 0 bridgehead atoms. The van der Waals surface area contributed by atoms with E-state index in [9.17, 15) is 4.39 Å². The molecule has 1 unspecified atom stereocenters. The van der Waals surface area contributed by atoms with Gasteiger partial charge in [-0.15, -0.1) is 11.8 Å². The molecule has 5 heteroatoms. The molecule has 0 spiro atoms. The maximum absolute atomic E-state index is 13.1. The van der Waals surface area contributed by atoms with Gasteiger partial charge in [-0.25, -0.2) is 4.39 Å². The van der Waals surface area contributed by atoms with Crippen LogP contribution in [0.5, 0.6) is 5.75 Å². The van der Waals surface area contributed by atoms with Crippen LogP contribution in [0.2, 0.25) is 0 Å². The van der Waals surface area contributed by atoms with Crippen molar-refractivity contribution in [3.8, 4) is 5.75 Å². The van der Waals surface area contributed by atoms with Crippen molar-refractivity contribution in [3.05, 3.63) is 54.1 Å². The summed E-state index contributed by atoms with van der Waals surface area (Å²) < 4.78 is 18.7. The van der Waals surface area contributed by atoms with Crippen LogP contribution in [0.15, 0.2) is 47.6 Å². The summed E-state index contributed by atoms with van der Waals surface area (Å²) in [4.78, 5) is 5.03. The lowest BCUT2D eigenvalue weighted by atomic mass is 10.1. The molecule has 2 rings (SSSR count). The first-order chi connectivity index (χ1) is 10.2. The van der Waals surface area contributed by atoms with Crippen molar-refractivity contribution in [2.45, 2.75) is 24.3 Å². The fourth-order valence-electron chi connectivity index (χ4n) is 1.78. The molecule has 2 aromatic rings. The van der Waals surface area contributed by atoms with E-state index in [1.165, 1.54) is 23.9 Å². The van der Waals surface area contributed by atoms with E-state index in [1.807, 2.05) is 12.1 Å². The summed E-state index contributed by atoms with van der Waals surface area (Å²) in [6.45, 7) is 2.72. The molecule has 0 saturated carbocycles. The minimum Gasteiger partial charge on any atom is -0.492 e. The molecule has 0 radical (unpaired) electrons. The van der Waals surface area contributed by atoms with Gasteiger partial charge in [0.25, 0.3) is 0 Å². The molecule has 1 aromatic carbocycles. The van der Waals surface area contributed by atoms with E-state index in [4.69, 9.17) is 10.5 Å². The van der Waals surface area contributed by atoms with Crippen LogP contribution >= 0.6 is 11.8 Å². The Labute approximate surface area is 128 Å². The van der Waals surface area contributed by atoms with Gasteiger partial charge in [0.15, 0.2) is 0 Å². The third kappa shape index (κ3) is 5.02. The molecular weight excluding hydrogens is 287 g/mol. The Morgan fingerprint density at radius 2 is 2.19 bits per heavy atom. The Balaban J connectivity index is 1.95. The van der Waals surface area contributed by atoms with Crippen molar-refractivity contribution in [1.29, 1.82) is 0 Å². The Hall–Kier alpha value is -1.59. The smallest absolute Gasteiger partial charge is 0.137 e. The van der Waals surface area contributed by atoms with Crippen molar-refractivity contribution in [1.82, 2.24) is 4.98 Å². The molecule has 1 heterocycles. The second-order valence-corrected chi connectivity index (χ2v) is 5.77. The number of pyridine rings is 1. The number of ether oxygens (including phenoxy) is 1. The molecule has 0 aliphatic heterocycles. The molecule has 0 amide bonds. The van der Waals surface area contributed by atoms with Crippen molar-refractivity contribution >= 4 is 11.8 Å². The molecule has 0 aliphatic rings. The van der Waals surface area contributed by atoms with E-state index >= 15 is 0 Å². The Morgan fingerprint density at radius 1 is 1.33 bits per heavy atom. The quantitative estimate of drug-likeness (QED) is 0.790. The number of thioether (sulfide) groups is 1. The highest BCUT2D eigenvalue weighted by Crippen LogP contribution is 2.25. The highest BCUT2D eigenvalue weighted by atomic mass is 32.2. The lowest BCUT2D eigenvalue weighted by Crippen LogP contribution is -2.13. The van der Waals surface area contributed by atoms with Gasteiger partial charge in [0.05, 0.1) is 12.8 Å². The largest absolute Gasteiger partial charge is 0.492 e. The average Bonchev–Trinajstić information content (AvgIpc) is 2.51. The maximum atomic E-state index is 13.1. The predicted molar refractivity (Wildman–Crippen MR) is 84.1 cm³/mol. The van der Waals surface area contributed by atoms with Gasteiger partial charge in [0, 0.05) is 22.9 Å². The zero-order valence-corrected chi connectivity index (χ0v) is 12.8. The SMILES string of the molecule is CCCOc1cncc(C(N)CSc2cccc(F)c2)c1. The predicted octanol–water partition coefficient (Wildman–Crippen LogP) is 3.80. The lowest BCUT2D eigenvalue weighted by Gasteiger charge is -2.13. The van der Waals surface area contributed by atoms with Gasteiger partial charge in [-0.05, 0) is 36.2 Å². The summed E-state index contributed by atoms with van der Waals surface area (Å²) in [6.07, 6.45) is 4.38. The number of aromatic nitrogens is 1. The minimum atomic E-state index is -0.231. The van der Waals surface area contributed by atoms with Gasteiger partial charge in [0.2, 0.25) is 0 Å². The van der Waals surface area contributed by atoms with E-state index in [1.54, 1.807) is 18.5 Å². The summed E-state index contributed by atoms with van der Waals surface area (Å²) >= 11 is 1.53. The van der Waals surface area contributed by atoms with Crippen LogP contribution in [-0.4, -0.2) is 17.3 Å². The normalized spacial score (nSPS) is 12.1. The van der Waals surface area contributed by atoms with Crippen LogP contribution in [0.25, 0.3) is 0 Å². The fraction of sp³-hybridized carbons (Fsp3) is 0.312. The van der Waals surface area contributed by atoms with Gasteiger partial charge in [0.1, 0.15) is 11.6 Å². The first kappa shape index (κ1) is 15.8. The van der Waals surface area contributed by atoms with Gasteiger partial charge < -0.3 is 10.5 Å². The van der Waals surface area contributed by atoms with Crippen molar-refractivity contribution in [3.63, 3.8) is 0 Å². The van der Waals surface area contributed by atoms with Crippen LogP contribution in [0.3, 0.4) is 0 Å². The van der Waals surface area contributed by atoms with E-state index in [2.05, 4.69) is 11.9 Å². The number of nitrogens with zero attached hydrogens (tertiary/aromatic N) is 1. The molecule has 0 aliphatic carbocycles. The summed E-state index contributed by atoms with van der Waals surface area (Å²) in [6, 6.07) is 8.26. The first-order valence-corrected chi connectivity index (χ1v) is 7.89. The minimum absolute atomic E-state index is 0.170. The molecule has 1 atom stereocenters. The molecule has 1 aromatic heterocycles. The third-order valence-electron chi connectivity index (χ3n) is 2.86. The number of hydrogen-bond acceptors (Lipinski definition) is 4. The summed E-state index contributed by atoms with van der Waals surface area (Å²) in [7, 11) is 0. The second kappa shape index (κ2) is 8.00. The van der Waals surface area contributed by atoms with Gasteiger partial charge >= 0.3 is 0 Å². The molecular formula is C16H19FN2OS. The van der Waals surface area contributed by atoms with E-state index in [0.717, 1.165) is 22.6 Å². The van der Waals surface area contributed by atoms with Gasteiger partial charge in [-0.3, -0.25) is 4.98 Å². The number of halogens is 1. The number of benzene rings is 1. The monoisotopic (exact) mass is 306 g/mol. The number of rotatable bonds is 7. The van der Waals surface area contributed by atoms with Gasteiger partial charge in [-0.2, -0.15) is 0 Å². The van der Waals surface area contributed by atoms with Crippen molar-refractivity contribution in [2.75, 3.05) is 12.4 Å². The summed E-state index contributed by atoms with van der Waals surface area (Å²) in [5, 5.41) is 0. The van der Waals surface area contributed by atoms with Crippen LogP contribution in [0, 0.1) is 5.82 Å². The standard InChI is InChI=1S/C16H19FN2OS/c1-2-6-20-14-7-12(9-19-10-14)16(18)11-21-15-5-3-4-13(17)8-15/h3-5,7-10,16H,2,6,11,18H2,1H3. The second-order valence-electron chi connectivity index (χ2n) is 4.68. The lowest BCUT2D eigenvalue weighted by molar-refractivity contribution is 0.315. The molecule has 2 N–H and O–H groups in total. The van der Waals surface area contributed by atoms with Crippen LogP contribution in [-0.2, 0) is 0 Å². The summed E-state index contributed by atoms with van der Waals surface area (Å²) in [5.74, 6) is 1.16. The van der Waals surface area contributed by atoms with Crippen LogP contribution in [0.4, 0.5) is 4.39 Å². The van der Waals surface area contributed by atoms with Crippen LogP contribution in [0.1, 0.15) is 24.9 Å². The van der Waals surface area contributed by atoms with Crippen molar-refractivity contribution in [2.24, 2.45) is 5.73 Å². The Kier molecular flexibility index (Phi) is 6.02. The van der Waals surface area contributed by atoms with Gasteiger partial charge in [-0.1, -0.05) is 13.0 Å². The number of hydrogen-bond donors (Lipinski definition) is 1. The highest BCUT2D eigenvalue weighted by molar-refractivity contribution is 7.99. The molecule has 0 saturated heterocycles. The zero-order chi connectivity index (χ0) is 15.1. The van der Waals surface area contributed by atoms with E-state index < -0.39 is 0 Å². The number of nitrogens with two attached hydrogens (primary N) is 1. The first-order valence-electron chi connectivity index (χ1n) is 6.90. The van der Waals surface area contributed by atoms with Crippen LogP contribution < -0.4 is 10.5 Å². The van der Waals surface area contributed by atoms with Crippen molar-refractivity contribution < 1.29 is 9.13 Å². The highest BCUT2D eigenvalue weighted by Gasteiger charge is 2.09. The topological polar surface area (TPSA) is 48.1 Å². The molecule has 21 heavy (non-hydrogen) atoms. The fourth-order valence-corrected chi connectivity index (χ4v) is 2.71. The molecule has 0 fully saturated rings. The average molecular weight is 306 g/mol.